The van der Waals surface area contributed by atoms with E-state index >= 15 is 0 Å². The van der Waals surface area contributed by atoms with Gasteiger partial charge in [-0.25, -0.2) is 4.79 Å². The molecular formula is C19H38N2O3. The Morgan fingerprint density at radius 3 is 1.88 bits per heavy atom. The monoisotopic (exact) mass is 342 g/mol. The van der Waals surface area contributed by atoms with Gasteiger partial charge in [0.25, 0.3) is 0 Å². The average Bonchev–Trinajstić information content (AvgIpc) is 2.60. The second-order valence-electron chi connectivity index (χ2n) is 6.16. The van der Waals surface area contributed by atoms with Gasteiger partial charge in [-0.15, -0.1) is 0 Å². The zero-order chi connectivity index (χ0) is 17.9. The fourth-order valence-electron chi connectivity index (χ4n) is 2.21. The Morgan fingerprint density at radius 1 is 0.875 bits per heavy atom. The quantitative estimate of drug-likeness (QED) is 0.215. The molecule has 0 atom stereocenters. The molecule has 0 unspecified atom stereocenters. The number of hydrogen-bond acceptors (Lipinski definition) is 5. The van der Waals surface area contributed by atoms with Crippen molar-refractivity contribution in [3.05, 3.63) is 11.6 Å². The number of aliphatic hydroxyl groups excluding tert-OH is 1. The highest BCUT2D eigenvalue weighted by atomic mass is 16.5. The molecule has 0 amide bonds. The number of aliphatic hydroxyl groups is 1. The van der Waals surface area contributed by atoms with E-state index < -0.39 is 0 Å². The Kier molecular flexibility index (Phi) is 17.7. The molecule has 0 aromatic heterocycles. The summed E-state index contributed by atoms with van der Waals surface area (Å²) >= 11 is 0. The van der Waals surface area contributed by atoms with E-state index in [2.05, 4.69) is 10.6 Å². The van der Waals surface area contributed by atoms with Crippen molar-refractivity contribution in [2.75, 3.05) is 39.4 Å². The summed E-state index contributed by atoms with van der Waals surface area (Å²) in [7, 11) is 0. The number of hydrogen-bond donors (Lipinski definition) is 3. The Labute approximate surface area is 148 Å². The molecule has 0 fully saturated rings. The SMILES string of the molecule is CC=C(C)C(=O)OCCCCNCCCCCCNCCCCO. The van der Waals surface area contributed by atoms with Crippen molar-refractivity contribution in [2.45, 2.75) is 65.2 Å². The van der Waals surface area contributed by atoms with E-state index in [-0.39, 0.29) is 5.97 Å². The molecule has 24 heavy (non-hydrogen) atoms. The van der Waals surface area contributed by atoms with Gasteiger partial charge >= 0.3 is 5.97 Å². The third-order valence-corrected chi connectivity index (χ3v) is 3.95. The van der Waals surface area contributed by atoms with Crippen LogP contribution in [-0.4, -0.2) is 50.5 Å². The van der Waals surface area contributed by atoms with E-state index in [0.717, 1.165) is 51.9 Å². The largest absolute Gasteiger partial charge is 0.462 e. The highest BCUT2D eigenvalue weighted by Gasteiger charge is 2.03. The smallest absolute Gasteiger partial charge is 0.333 e. The molecule has 0 spiro atoms. The first-order valence-corrected chi connectivity index (χ1v) is 9.54. The van der Waals surface area contributed by atoms with Crippen molar-refractivity contribution >= 4 is 5.97 Å². The number of carbonyl (C=O) groups is 1. The second kappa shape index (κ2) is 18.4. The van der Waals surface area contributed by atoms with Crippen LogP contribution in [0.1, 0.15) is 65.2 Å². The molecule has 0 aromatic rings. The average molecular weight is 343 g/mol. The summed E-state index contributed by atoms with van der Waals surface area (Å²) in [6.45, 7) is 8.60. The van der Waals surface area contributed by atoms with Crippen LogP contribution < -0.4 is 10.6 Å². The van der Waals surface area contributed by atoms with Gasteiger partial charge < -0.3 is 20.5 Å². The molecule has 0 aliphatic rings. The molecule has 0 heterocycles. The summed E-state index contributed by atoms with van der Waals surface area (Å²) in [5, 5.41) is 15.5. The van der Waals surface area contributed by atoms with Gasteiger partial charge in [-0.3, -0.25) is 0 Å². The van der Waals surface area contributed by atoms with Crippen molar-refractivity contribution in [1.82, 2.24) is 10.6 Å². The molecule has 0 radical (unpaired) electrons. The minimum Gasteiger partial charge on any atom is -0.462 e. The van der Waals surface area contributed by atoms with E-state index in [4.69, 9.17) is 9.84 Å². The first-order chi connectivity index (χ1) is 11.7. The van der Waals surface area contributed by atoms with Gasteiger partial charge in [-0.05, 0) is 78.6 Å². The molecule has 0 bridgehead atoms. The Hall–Kier alpha value is -0.910. The predicted octanol–water partition coefficient (Wildman–Crippen LogP) is 2.79. The van der Waals surface area contributed by atoms with Crippen LogP contribution in [-0.2, 0) is 9.53 Å². The number of carbonyl (C=O) groups excluding carboxylic acids is 1. The summed E-state index contributed by atoms with van der Waals surface area (Å²) in [6.07, 6.45) is 10.7. The number of rotatable bonds is 17. The summed E-state index contributed by atoms with van der Waals surface area (Å²) in [5.41, 5.74) is 0.675. The van der Waals surface area contributed by atoms with Gasteiger partial charge in [0, 0.05) is 12.2 Å². The lowest BCUT2D eigenvalue weighted by atomic mass is 10.2. The molecule has 0 aliphatic heterocycles. The zero-order valence-corrected chi connectivity index (χ0v) is 15.7. The van der Waals surface area contributed by atoms with Crippen LogP contribution in [0.5, 0.6) is 0 Å². The predicted molar refractivity (Wildman–Crippen MR) is 100 cm³/mol. The van der Waals surface area contributed by atoms with E-state index in [1.807, 2.05) is 6.92 Å². The van der Waals surface area contributed by atoms with Crippen LogP contribution in [0.2, 0.25) is 0 Å². The van der Waals surface area contributed by atoms with Crippen molar-refractivity contribution in [3.8, 4) is 0 Å². The molecule has 0 aromatic carbocycles. The molecule has 0 aliphatic carbocycles. The van der Waals surface area contributed by atoms with Gasteiger partial charge in [0.15, 0.2) is 0 Å². The van der Waals surface area contributed by atoms with E-state index in [0.29, 0.717) is 18.8 Å². The lowest BCUT2D eigenvalue weighted by Gasteiger charge is -2.07. The lowest BCUT2D eigenvalue weighted by molar-refractivity contribution is -0.139. The van der Waals surface area contributed by atoms with Crippen LogP contribution >= 0.6 is 0 Å². The zero-order valence-electron chi connectivity index (χ0n) is 15.7. The van der Waals surface area contributed by atoms with Gasteiger partial charge in [-0.1, -0.05) is 18.9 Å². The maximum absolute atomic E-state index is 11.4. The first kappa shape index (κ1) is 23.1. The van der Waals surface area contributed by atoms with E-state index in [9.17, 15) is 4.79 Å². The molecule has 5 heteroatoms. The van der Waals surface area contributed by atoms with Crippen molar-refractivity contribution in [2.24, 2.45) is 0 Å². The van der Waals surface area contributed by atoms with Gasteiger partial charge in [-0.2, -0.15) is 0 Å². The lowest BCUT2D eigenvalue weighted by Crippen LogP contribution is -2.18. The second-order valence-corrected chi connectivity index (χ2v) is 6.16. The Morgan fingerprint density at radius 2 is 1.38 bits per heavy atom. The Bertz CT molecular complexity index is 320. The minimum absolute atomic E-state index is 0.201. The first-order valence-electron chi connectivity index (χ1n) is 9.54. The molecule has 0 saturated carbocycles. The standard InChI is InChI=1S/C19H38N2O3/c1-3-18(2)19(23)24-17-11-9-15-21-13-7-5-4-6-12-20-14-8-10-16-22/h3,20-22H,4-17H2,1-2H3. The van der Waals surface area contributed by atoms with Gasteiger partial charge in [0.1, 0.15) is 0 Å². The number of unbranched alkanes of at least 4 members (excludes halogenated alkanes) is 5. The molecule has 142 valence electrons. The molecule has 0 saturated heterocycles. The van der Waals surface area contributed by atoms with Crippen LogP contribution in [0.25, 0.3) is 0 Å². The van der Waals surface area contributed by atoms with E-state index in [1.165, 1.54) is 25.7 Å². The maximum Gasteiger partial charge on any atom is 0.333 e. The van der Waals surface area contributed by atoms with E-state index in [1.54, 1.807) is 13.0 Å². The van der Waals surface area contributed by atoms with Crippen molar-refractivity contribution < 1.29 is 14.6 Å². The van der Waals surface area contributed by atoms with Gasteiger partial charge in [0.2, 0.25) is 0 Å². The topological polar surface area (TPSA) is 70.6 Å². The minimum atomic E-state index is -0.201. The van der Waals surface area contributed by atoms with Crippen molar-refractivity contribution in [1.29, 1.82) is 0 Å². The Balaban J connectivity index is 3.11. The molecule has 5 nitrogen and oxygen atoms in total. The highest BCUT2D eigenvalue weighted by molar-refractivity contribution is 5.87. The fraction of sp³-hybridized carbons (Fsp3) is 0.842. The van der Waals surface area contributed by atoms with Crippen LogP contribution in [0.15, 0.2) is 11.6 Å². The molecule has 0 rings (SSSR count). The molecular weight excluding hydrogens is 304 g/mol. The summed E-state index contributed by atoms with van der Waals surface area (Å²) in [6, 6.07) is 0. The highest BCUT2D eigenvalue weighted by Crippen LogP contribution is 1.99. The third kappa shape index (κ3) is 16.0. The normalized spacial score (nSPS) is 11.7. The summed E-state index contributed by atoms with van der Waals surface area (Å²) in [4.78, 5) is 11.4. The van der Waals surface area contributed by atoms with Crippen LogP contribution in [0.4, 0.5) is 0 Å². The van der Waals surface area contributed by atoms with Crippen LogP contribution in [0.3, 0.4) is 0 Å². The maximum atomic E-state index is 11.4. The summed E-state index contributed by atoms with van der Waals surface area (Å²) in [5.74, 6) is -0.201. The number of ether oxygens (including phenoxy) is 1. The summed E-state index contributed by atoms with van der Waals surface area (Å²) < 4.78 is 5.15. The molecule has 3 N–H and O–H groups in total. The van der Waals surface area contributed by atoms with Crippen LogP contribution in [0, 0.1) is 0 Å². The number of esters is 1. The fourth-order valence-corrected chi connectivity index (χ4v) is 2.21. The van der Waals surface area contributed by atoms with Gasteiger partial charge in [0.05, 0.1) is 6.61 Å². The van der Waals surface area contributed by atoms with Crippen molar-refractivity contribution in [3.63, 3.8) is 0 Å². The number of nitrogens with one attached hydrogen (secondary N) is 2. The third-order valence-electron chi connectivity index (χ3n) is 3.95. The number of allylic oxidation sites excluding steroid dienone is 1.